The van der Waals surface area contributed by atoms with Crippen LogP contribution in [-0.4, -0.2) is 35.1 Å². The number of para-hydroxylation sites is 1. The number of aromatic amines is 1. The summed E-state index contributed by atoms with van der Waals surface area (Å²) >= 11 is 0. The molecule has 3 rings (SSSR count). The number of aromatic nitrogens is 2. The van der Waals surface area contributed by atoms with Gasteiger partial charge in [0.2, 0.25) is 5.91 Å². The monoisotopic (exact) mass is 315 g/mol. The second kappa shape index (κ2) is 7.37. The largest absolute Gasteiger partial charge is 0.376 e. The van der Waals surface area contributed by atoms with E-state index in [1.54, 1.807) is 6.07 Å². The van der Waals surface area contributed by atoms with Crippen molar-refractivity contribution < 1.29 is 9.53 Å². The van der Waals surface area contributed by atoms with Gasteiger partial charge in [-0.3, -0.25) is 9.59 Å². The highest BCUT2D eigenvalue weighted by atomic mass is 16.5. The molecule has 1 saturated heterocycles. The van der Waals surface area contributed by atoms with E-state index in [-0.39, 0.29) is 17.6 Å². The fourth-order valence-corrected chi connectivity index (χ4v) is 2.79. The van der Waals surface area contributed by atoms with Crippen molar-refractivity contribution in [3.8, 4) is 0 Å². The van der Waals surface area contributed by atoms with Gasteiger partial charge in [-0.1, -0.05) is 12.1 Å². The van der Waals surface area contributed by atoms with Gasteiger partial charge in [0.15, 0.2) is 0 Å². The number of ether oxygens (including phenoxy) is 1. The van der Waals surface area contributed by atoms with Crippen molar-refractivity contribution in [1.29, 1.82) is 0 Å². The van der Waals surface area contributed by atoms with Crippen LogP contribution in [0.1, 0.15) is 31.5 Å². The molecular weight excluding hydrogens is 294 g/mol. The van der Waals surface area contributed by atoms with Gasteiger partial charge in [-0.2, -0.15) is 0 Å². The van der Waals surface area contributed by atoms with Crippen molar-refractivity contribution in [3.05, 3.63) is 40.4 Å². The normalized spacial score (nSPS) is 17.5. The van der Waals surface area contributed by atoms with Crippen LogP contribution in [0.3, 0.4) is 0 Å². The highest BCUT2D eigenvalue weighted by molar-refractivity contribution is 5.77. The van der Waals surface area contributed by atoms with Gasteiger partial charge in [0.1, 0.15) is 5.82 Å². The molecule has 2 N–H and O–H groups in total. The first-order valence-corrected chi connectivity index (χ1v) is 8.08. The highest BCUT2D eigenvalue weighted by Gasteiger charge is 2.16. The molecule has 1 atom stereocenters. The number of aryl methyl sites for hydroxylation is 1. The molecule has 23 heavy (non-hydrogen) atoms. The van der Waals surface area contributed by atoms with E-state index in [4.69, 9.17) is 4.74 Å². The molecule has 2 heterocycles. The zero-order valence-electron chi connectivity index (χ0n) is 13.0. The third-order valence-corrected chi connectivity index (χ3v) is 4.03. The number of carbonyl (C=O) groups is 1. The fraction of sp³-hybridized carbons (Fsp3) is 0.471. The first-order valence-electron chi connectivity index (χ1n) is 8.08. The van der Waals surface area contributed by atoms with Gasteiger partial charge in [-0.15, -0.1) is 0 Å². The first-order chi connectivity index (χ1) is 11.2. The Labute approximate surface area is 134 Å². The number of benzene rings is 1. The van der Waals surface area contributed by atoms with E-state index in [1.807, 2.05) is 18.2 Å². The Morgan fingerprint density at radius 3 is 3.09 bits per heavy atom. The zero-order chi connectivity index (χ0) is 16.1. The van der Waals surface area contributed by atoms with Crippen LogP contribution in [0.4, 0.5) is 0 Å². The average molecular weight is 315 g/mol. The lowest BCUT2D eigenvalue weighted by atomic mass is 10.2. The van der Waals surface area contributed by atoms with E-state index in [0.717, 1.165) is 19.4 Å². The summed E-state index contributed by atoms with van der Waals surface area (Å²) in [6.45, 7) is 1.38. The van der Waals surface area contributed by atoms with Crippen LogP contribution in [0, 0.1) is 0 Å². The molecule has 0 unspecified atom stereocenters. The summed E-state index contributed by atoms with van der Waals surface area (Å²) in [7, 11) is 0. The molecule has 0 radical (unpaired) electrons. The van der Waals surface area contributed by atoms with Crippen molar-refractivity contribution in [2.45, 2.75) is 38.2 Å². The van der Waals surface area contributed by atoms with Crippen LogP contribution < -0.4 is 10.9 Å². The first kappa shape index (κ1) is 15.7. The Morgan fingerprint density at radius 1 is 1.39 bits per heavy atom. The van der Waals surface area contributed by atoms with E-state index < -0.39 is 0 Å². The number of nitrogens with one attached hydrogen (secondary N) is 2. The Balaban J connectivity index is 1.48. The minimum absolute atomic E-state index is 0.0173. The Bertz CT molecular complexity index is 735. The second-order valence-corrected chi connectivity index (χ2v) is 5.82. The summed E-state index contributed by atoms with van der Waals surface area (Å²) in [5.41, 5.74) is 0.558. The van der Waals surface area contributed by atoms with Crippen LogP contribution >= 0.6 is 0 Å². The zero-order valence-corrected chi connectivity index (χ0v) is 13.0. The number of nitrogens with zero attached hydrogens (tertiary/aromatic N) is 1. The fourth-order valence-electron chi connectivity index (χ4n) is 2.79. The number of amides is 1. The number of hydrogen-bond acceptors (Lipinski definition) is 4. The molecule has 0 saturated carbocycles. The lowest BCUT2D eigenvalue weighted by Gasteiger charge is -2.10. The van der Waals surface area contributed by atoms with Gasteiger partial charge < -0.3 is 15.0 Å². The summed E-state index contributed by atoms with van der Waals surface area (Å²) in [6, 6.07) is 7.25. The van der Waals surface area contributed by atoms with Crippen molar-refractivity contribution in [3.63, 3.8) is 0 Å². The molecule has 1 amide bonds. The van der Waals surface area contributed by atoms with Crippen molar-refractivity contribution in [1.82, 2.24) is 15.3 Å². The number of fused-ring (bicyclic) bond motifs is 1. The predicted molar refractivity (Wildman–Crippen MR) is 87.3 cm³/mol. The molecule has 1 aromatic heterocycles. The summed E-state index contributed by atoms with van der Waals surface area (Å²) in [5.74, 6) is 0.643. The van der Waals surface area contributed by atoms with Crippen molar-refractivity contribution in [2.24, 2.45) is 0 Å². The van der Waals surface area contributed by atoms with E-state index in [0.29, 0.717) is 42.5 Å². The lowest BCUT2D eigenvalue weighted by Crippen LogP contribution is -2.31. The van der Waals surface area contributed by atoms with Crippen LogP contribution in [0.5, 0.6) is 0 Å². The average Bonchev–Trinajstić information content (AvgIpc) is 3.06. The van der Waals surface area contributed by atoms with Crippen LogP contribution in [0.15, 0.2) is 29.1 Å². The third-order valence-electron chi connectivity index (χ3n) is 4.03. The smallest absolute Gasteiger partial charge is 0.258 e. The molecule has 6 heteroatoms. The van der Waals surface area contributed by atoms with E-state index in [9.17, 15) is 9.59 Å². The molecule has 1 aliphatic rings. The number of rotatable bonds is 6. The van der Waals surface area contributed by atoms with Crippen LogP contribution in [-0.2, 0) is 16.0 Å². The maximum absolute atomic E-state index is 12.0. The topological polar surface area (TPSA) is 84.1 Å². The van der Waals surface area contributed by atoms with Gasteiger partial charge in [0.05, 0.1) is 17.0 Å². The Hall–Kier alpha value is -2.21. The van der Waals surface area contributed by atoms with Crippen LogP contribution in [0.2, 0.25) is 0 Å². The van der Waals surface area contributed by atoms with Gasteiger partial charge in [0.25, 0.3) is 5.56 Å². The van der Waals surface area contributed by atoms with Crippen LogP contribution in [0.25, 0.3) is 10.9 Å². The molecular formula is C17H21N3O3. The van der Waals surface area contributed by atoms with Gasteiger partial charge in [-0.25, -0.2) is 4.98 Å². The Morgan fingerprint density at radius 2 is 2.26 bits per heavy atom. The molecule has 6 nitrogen and oxygen atoms in total. The van der Waals surface area contributed by atoms with Crippen molar-refractivity contribution >= 4 is 16.8 Å². The molecule has 1 aliphatic heterocycles. The number of carbonyl (C=O) groups excluding carboxylic acids is 1. The molecule has 1 fully saturated rings. The second-order valence-electron chi connectivity index (χ2n) is 5.82. The number of hydrogen-bond donors (Lipinski definition) is 2. The molecule has 0 aliphatic carbocycles. The third kappa shape index (κ3) is 4.16. The van der Waals surface area contributed by atoms with E-state index >= 15 is 0 Å². The highest BCUT2D eigenvalue weighted by Crippen LogP contribution is 2.11. The summed E-state index contributed by atoms with van der Waals surface area (Å²) in [4.78, 5) is 31.0. The quantitative estimate of drug-likeness (QED) is 0.847. The van der Waals surface area contributed by atoms with E-state index in [2.05, 4.69) is 15.3 Å². The molecule has 122 valence electrons. The number of H-pyrrole nitrogens is 1. The molecule has 2 aromatic rings. The van der Waals surface area contributed by atoms with Gasteiger partial charge in [0, 0.05) is 26.0 Å². The van der Waals surface area contributed by atoms with Gasteiger partial charge >= 0.3 is 0 Å². The summed E-state index contributed by atoms with van der Waals surface area (Å²) < 4.78 is 5.47. The maximum Gasteiger partial charge on any atom is 0.258 e. The lowest BCUT2D eigenvalue weighted by molar-refractivity contribution is -0.121. The summed E-state index contributed by atoms with van der Waals surface area (Å²) in [6.07, 6.45) is 3.90. The van der Waals surface area contributed by atoms with Gasteiger partial charge in [-0.05, 0) is 31.4 Å². The SMILES string of the molecule is O=C(CCCc1nc2ccccc2c(=O)[nH]1)NC[C@H]1CCCO1. The predicted octanol–water partition coefficient (Wildman–Crippen LogP) is 1.54. The molecule has 0 bridgehead atoms. The summed E-state index contributed by atoms with van der Waals surface area (Å²) in [5, 5.41) is 3.48. The molecule has 0 spiro atoms. The maximum atomic E-state index is 12.0. The van der Waals surface area contributed by atoms with Crippen molar-refractivity contribution in [2.75, 3.05) is 13.2 Å². The molecule has 1 aromatic carbocycles. The minimum Gasteiger partial charge on any atom is -0.376 e. The minimum atomic E-state index is -0.131. The van der Waals surface area contributed by atoms with E-state index in [1.165, 1.54) is 0 Å². The Kier molecular flexibility index (Phi) is 5.02. The standard InChI is InChI=1S/C17H21N3O3/c21-16(18-11-12-5-4-10-23-12)9-3-8-15-19-14-7-2-1-6-13(14)17(22)20-15/h1-2,6-7,12H,3-5,8-11H2,(H,18,21)(H,19,20,22)/t12-/m1/s1.